The van der Waals surface area contributed by atoms with Gasteiger partial charge in [-0.2, -0.15) is 0 Å². The molecule has 25 heavy (non-hydrogen) atoms. The Balaban J connectivity index is 1.92. The van der Waals surface area contributed by atoms with Gasteiger partial charge in [-0.25, -0.2) is 4.98 Å². The fourth-order valence-corrected chi connectivity index (χ4v) is 3.20. The molecule has 0 spiro atoms. The molecule has 0 aliphatic heterocycles. The van der Waals surface area contributed by atoms with Crippen molar-refractivity contribution in [2.75, 3.05) is 0 Å². The molecule has 0 radical (unpaired) electrons. The zero-order valence-corrected chi connectivity index (χ0v) is 14.5. The Kier molecular flexibility index (Phi) is 3.95. The van der Waals surface area contributed by atoms with Gasteiger partial charge < -0.3 is 4.98 Å². The van der Waals surface area contributed by atoms with Crippen LogP contribution in [0.1, 0.15) is 11.1 Å². The van der Waals surface area contributed by atoms with Crippen molar-refractivity contribution in [3.8, 4) is 33.9 Å². The molecule has 4 aromatic rings. The van der Waals surface area contributed by atoms with Crippen molar-refractivity contribution in [2.45, 2.75) is 13.8 Å². The lowest BCUT2D eigenvalue weighted by Crippen LogP contribution is -1.87. The first-order valence-corrected chi connectivity index (χ1v) is 8.51. The molecule has 0 saturated heterocycles. The van der Waals surface area contributed by atoms with E-state index in [1.807, 2.05) is 12.1 Å². The number of aromatic amines is 1. The molecule has 0 saturated carbocycles. The summed E-state index contributed by atoms with van der Waals surface area (Å²) in [5.74, 6) is 0.912. The van der Waals surface area contributed by atoms with Crippen molar-refractivity contribution in [2.24, 2.45) is 0 Å². The van der Waals surface area contributed by atoms with Gasteiger partial charge in [0.25, 0.3) is 0 Å². The minimum absolute atomic E-state index is 0.912. The van der Waals surface area contributed by atoms with E-state index in [1.165, 1.54) is 11.1 Å². The maximum atomic E-state index is 4.96. The highest BCUT2D eigenvalue weighted by Crippen LogP contribution is 2.33. The summed E-state index contributed by atoms with van der Waals surface area (Å²) in [7, 11) is 0. The van der Waals surface area contributed by atoms with E-state index < -0.39 is 0 Å². The first kappa shape index (κ1) is 15.4. The first-order valence-electron chi connectivity index (χ1n) is 8.51. The molecule has 0 aliphatic carbocycles. The second-order valence-electron chi connectivity index (χ2n) is 6.36. The molecule has 0 amide bonds. The van der Waals surface area contributed by atoms with Gasteiger partial charge in [-0.05, 0) is 19.4 Å². The maximum absolute atomic E-state index is 4.96. The molecule has 2 heteroatoms. The van der Waals surface area contributed by atoms with Gasteiger partial charge in [0.2, 0.25) is 0 Å². The van der Waals surface area contributed by atoms with Crippen molar-refractivity contribution >= 4 is 0 Å². The van der Waals surface area contributed by atoms with E-state index in [1.54, 1.807) is 0 Å². The first-order chi connectivity index (χ1) is 12.2. The van der Waals surface area contributed by atoms with Crippen LogP contribution in [0.15, 0.2) is 78.9 Å². The van der Waals surface area contributed by atoms with E-state index in [9.17, 15) is 0 Å². The minimum Gasteiger partial charge on any atom is -0.337 e. The maximum Gasteiger partial charge on any atom is 0.138 e. The second kappa shape index (κ2) is 6.40. The van der Waals surface area contributed by atoms with E-state index in [4.69, 9.17) is 4.98 Å². The van der Waals surface area contributed by atoms with Crippen LogP contribution in [0.25, 0.3) is 33.9 Å². The SMILES string of the molecule is Cc1ccc(-c2nc(-c3ccccc3)c(-c3ccccc3)[nH]2)c(C)c1. The summed E-state index contributed by atoms with van der Waals surface area (Å²) in [6, 6.07) is 27.2. The predicted molar refractivity (Wildman–Crippen MR) is 104 cm³/mol. The van der Waals surface area contributed by atoms with Crippen LogP contribution < -0.4 is 0 Å². The van der Waals surface area contributed by atoms with Crippen LogP contribution in [0.2, 0.25) is 0 Å². The van der Waals surface area contributed by atoms with E-state index in [0.29, 0.717) is 0 Å². The largest absolute Gasteiger partial charge is 0.337 e. The van der Waals surface area contributed by atoms with E-state index >= 15 is 0 Å². The molecule has 3 aromatic carbocycles. The Morgan fingerprint density at radius 1 is 0.720 bits per heavy atom. The summed E-state index contributed by atoms with van der Waals surface area (Å²) in [5.41, 5.74) is 7.94. The highest BCUT2D eigenvalue weighted by atomic mass is 14.9. The Labute approximate surface area is 148 Å². The number of hydrogen-bond acceptors (Lipinski definition) is 1. The Morgan fingerprint density at radius 2 is 1.36 bits per heavy atom. The van der Waals surface area contributed by atoms with Crippen molar-refractivity contribution in [1.82, 2.24) is 9.97 Å². The van der Waals surface area contributed by atoms with Crippen LogP contribution in [-0.4, -0.2) is 9.97 Å². The van der Waals surface area contributed by atoms with Gasteiger partial charge in [0.1, 0.15) is 5.82 Å². The fourth-order valence-electron chi connectivity index (χ4n) is 3.20. The Hall–Kier alpha value is -3.13. The summed E-state index contributed by atoms with van der Waals surface area (Å²) in [6.07, 6.45) is 0. The quantitative estimate of drug-likeness (QED) is 0.490. The standard InChI is InChI=1S/C23H20N2/c1-16-13-14-20(17(2)15-16)23-24-21(18-9-5-3-6-10-18)22(25-23)19-11-7-4-8-12-19/h3-15H,1-2H3,(H,24,25). The summed E-state index contributed by atoms with van der Waals surface area (Å²) in [6.45, 7) is 4.25. The lowest BCUT2D eigenvalue weighted by Gasteiger charge is -2.03. The molecule has 122 valence electrons. The molecule has 4 rings (SSSR count). The lowest BCUT2D eigenvalue weighted by molar-refractivity contribution is 1.27. The molecule has 0 unspecified atom stereocenters. The Morgan fingerprint density at radius 3 is 2.00 bits per heavy atom. The topological polar surface area (TPSA) is 28.7 Å². The lowest BCUT2D eigenvalue weighted by atomic mass is 10.1. The average Bonchev–Trinajstić information content (AvgIpc) is 3.08. The smallest absolute Gasteiger partial charge is 0.138 e. The van der Waals surface area contributed by atoms with Crippen LogP contribution in [0, 0.1) is 13.8 Å². The number of hydrogen-bond donors (Lipinski definition) is 1. The molecular formula is C23H20N2. The van der Waals surface area contributed by atoms with Crippen molar-refractivity contribution in [3.05, 3.63) is 90.0 Å². The number of imidazole rings is 1. The van der Waals surface area contributed by atoms with Crippen LogP contribution in [0.4, 0.5) is 0 Å². The Bertz CT molecular complexity index is 942. The highest BCUT2D eigenvalue weighted by molar-refractivity contribution is 5.81. The van der Waals surface area contributed by atoms with Crippen LogP contribution in [0.3, 0.4) is 0 Å². The average molecular weight is 324 g/mol. The zero-order valence-electron chi connectivity index (χ0n) is 14.5. The molecule has 1 N–H and O–H groups in total. The molecule has 0 fully saturated rings. The van der Waals surface area contributed by atoms with Gasteiger partial charge in [0.05, 0.1) is 11.4 Å². The molecule has 0 atom stereocenters. The number of aryl methyl sites for hydroxylation is 2. The number of H-pyrrole nitrogens is 1. The number of nitrogens with zero attached hydrogens (tertiary/aromatic N) is 1. The molecule has 1 aromatic heterocycles. The van der Waals surface area contributed by atoms with Crippen LogP contribution in [0.5, 0.6) is 0 Å². The number of nitrogens with one attached hydrogen (secondary N) is 1. The van der Waals surface area contributed by atoms with Gasteiger partial charge in [0, 0.05) is 16.7 Å². The molecule has 2 nitrogen and oxygen atoms in total. The fraction of sp³-hybridized carbons (Fsp3) is 0.0870. The van der Waals surface area contributed by atoms with Gasteiger partial charge in [0.15, 0.2) is 0 Å². The summed E-state index contributed by atoms with van der Waals surface area (Å²) in [5, 5.41) is 0. The van der Waals surface area contributed by atoms with Crippen molar-refractivity contribution in [1.29, 1.82) is 0 Å². The van der Waals surface area contributed by atoms with Crippen molar-refractivity contribution in [3.63, 3.8) is 0 Å². The summed E-state index contributed by atoms with van der Waals surface area (Å²) < 4.78 is 0. The zero-order chi connectivity index (χ0) is 17.2. The molecule has 0 aliphatic rings. The summed E-state index contributed by atoms with van der Waals surface area (Å²) in [4.78, 5) is 8.52. The van der Waals surface area contributed by atoms with Gasteiger partial charge in [-0.1, -0.05) is 84.4 Å². The normalized spacial score (nSPS) is 10.8. The number of aromatic nitrogens is 2. The molecule has 0 bridgehead atoms. The van der Waals surface area contributed by atoms with E-state index in [0.717, 1.165) is 33.9 Å². The third kappa shape index (κ3) is 2.99. The molecule has 1 heterocycles. The van der Waals surface area contributed by atoms with E-state index in [2.05, 4.69) is 85.6 Å². The molecular weight excluding hydrogens is 304 g/mol. The highest BCUT2D eigenvalue weighted by Gasteiger charge is 2.15. The van der Waals surface area contributed by atoms with Gasteiger partial charge in [-0.15, -0.1) is 0 Å². The van der Waals surface area contributed by atoms with Crippen LogP contribution in [-0.2, 0) is 0 Å². The van der Waals surface area contributed by atoms with E-state index in [-0.39, 0.29) is 0 Å². The third-order valence-electron chi connectivity index (χ3n) is 4.45. The number of benzene rings is 3. The predicted octanol–water partition coefficient (Wildman–Crippen LogP) is 6.03. The van der Waals surface area contributed by atoms with Crippen molar-refractivity contribution < 1.29 is 0 Å². The minimum atomic E-state index is 0.912. The third-order valence-corrected chi connectivity index (χ3v) is 4.45. The van der Waals surface area contributed by atoms with Crippen LogP contribution >= 0.6 is 0 Å². The summed E-state index contributed by atoms with van der Waals surface area (Å²) >= 11 is 0. The van der Waals surface area contributed by atoms with Gasteiger partial charge in [-0.3, -0.25) is 0 Å². The second-order valence-corrected chi connectivity index (χ2v) is 6.36. The number of rotatable bonds is 3. The van der Waals surface area contributed by atoms with Gasteiger partial charge >= 0.3 is 0 Å². The monoisotopic (exact) mass is 324 g/mol.